The molecule has 0 spiro atoms. The maximum Gasteiger partial charge on any atom is 0.322 e. The van der Waals surface area contributed by atoms with Gasteiger partial charge in [-0.15, -0.1) is 0 Å². The number of benzene rings is 1. The first-order valence-electron chi connectivity index (χ1n) is 5.24. The highest BCUT2D eigenvalue weighted by Gasteiger charge is 2.17. The summed E-state index contributed by atoms with van der Waals surface area (Å²) in [6.45, 7) is -0.00704. The number of nitrogens with one attached hydrogen (secondary N) is 1. The van der Waals surface area contributed by atoms with Gasteiger partial charge in [0.05, 0.1) is 0 Å². The minimum atomic E-state index is -1.17. The molecular weight excluding hydrogens is 240 g/mol. The largest absolute Gasteiger partial charge is 0.480 e. The second-order valence-corrected chi connectivity index (χ2v) is 3.72. The Balaban J connectivity index is 1.99. The lowest BCUT2D eigenvalue weighted by molar-refractivity contribution is -0.138. The van der Waals surface area contributed by atoms with Crippen molar-refractivity contribution in [3.63, 3.8) is 0 Å². The minimum Gasteiger partial charge on any atom is -0.480 e. The summed E-state index contributed by atoms with van der Waals surface area (Å²) in [6.07, 6.45) is 0. The van der Waals surface area contributed by atoms with Crippen LogP contribution in [0.3, 0.4) is 0 Å². The number of nitrogens with two attached hydrogens (primary N) is 1. The number of hydrogen-bond acceptors (Lipinski definition) is 5. The average molecular weight is 252 g/mol. The van der Waals surface area contributed by atoms with E-state index in [-0.39, 0.29) is 13.3 Å². The van der Waals surface area contributed by atoms with E-state index in [2.05, 4.69) is 5.32 Å². The van der Waals surface area contributed by atoms with E-state index in [4.69, 9.17) is 20.3 Å². The second kappa shape index (κ2) is 4.92. The van der Waals surface area contributed by atoms with E-state index in [1.165, 1.54) is 6.07 Å². The smallest absolute Gasteiger partial charge is 0.322 e. The number of hydrogen-bond donors (Lipinski definition) is 3. The molecular formula is C11H12N2O5. The number of carboxylic acid groups (broad SMARTS) is 1. The van der Waals surface area contributed by atoms with Crippen molar-refractivity contribution in [1.82, 2.24) is 5.32 Å². The summed E-state index contributed by atoms with van der Waals surface area (Å²) in [5, 5.41) is 11.0. The molecule has 0 aromatic heterocycles. The van der Waals surface area contributed by atoms with E-state index >= 15 is 0 Å². The second-order valence-electron chi connectivity index (χ2n) is 3.72. The number of carboxylic acids is 1. The molecule has 0 saturated carbocycles. The number of carbonyl (C=O) groups excluding carboxylic acids is 1. The predicted molar refractivity (Wildman–Crippen MR) is 60.5 cm³/mol. The Morgan fingerprint density at radius 3 is 2.83 bits per heavy atom. The predicted octanol–water partition coefficient (Wildman–Crippen LogP) is -0.443. The van der Waals surface area contributed by atoms with E-state index in [9.17, 15) is 9.59 Å². The number of aliphatic carboxylic acids is 1. The maximum atomic E-state index is 11.7. The van der Waals surface area contributed by atoms with Gasteiger partial charge in [0.25, 0.3) is 5.91 Å². The van der Waals surface area contributed by atoms with Crippen molar-refractivity contribution in [3.05, 3.63) is 23.8 Å². The zero-order valence-electron chi connectivity index (χ0n) is 9.38. The van der Waals surface area contributed by atoms with Crippen LogP contribution >= 0.6 is 0 Å². The van der Waals surface area contributed by atoms with Crippen LogP contribution in [-0.2, 0) is 4.79 Å². The third kappa shape index (κ3) is 2.51. The van der Waals surface area contributed by atoms with E-state index in [0.29, 0.717) is 17.1 Å². The van der Waals surface area contributed by atoms with Crippen LogP contribution in [0.25, 0.3) is 0 Å². The number of rotatable bonds is 4. The van der Waals surface area contributed by atoms with Crippen LogP contribution in [-0.4, -0.2) is 36.4 Å². The van der Waals surface area contributed by atoms with Crippen LogP contribution in [0.4, 0.5) is 0 Å². The molecule has 1 aliphatic rings. The summed E-state index contributed by atoms with van der Waals surface area (Å²) < 4.78 is 10.2. The molecule has 1 aliphatic heterocycles. The van der Waals surface area contributed by atoms with Crippen molar-refractivity contribution in [2.45, 2.75) is 6.04 Å². The molecule has 0 radical (unpaired) electrons. The first kappa shape index (κ1) is 12.2. The highest BCUT2D eigenvalue weighted by atomic mass is 16.7. The molecule has 96 valence electrons. The number of amides is 1. The Hall–Kier alpha value is -2.28. The fourth-order valence-electron chi connectivity index (χ4n) is 1.43. The van der Waals surface area contributed by atoms with Crippen LogP contribution in [0.2, 0.25) is 0 Å². The molecule has 2 rings (SSSR count). The Morgan fingerprint density at radius 2 is 2.11 bits per heavy atom. The van der Waals surface area contributed by atoms with Crippen LogP contribution < -0.4 is 20.5 Å². The summed E-state index contributed by atoms with van der Waals surface area (Å²) >= 11 is 0. The van der Waals surface area contributed by atoms with E-state index < -0.39 is 17.9 Å². The quantitative estimate of drug-likeness (QED) is 0.669. The topological polar surface area (TPSA) is 111 Å². The summed E-state index contributed by atoms with van der Waals surface area (Å²) in [6, 6.07) is 3.59. The van der Waals surface area contributed by atoms with Gasteiger partial charge in [-0.1, -0.05) is 0 Å². The third-order valence-electron chi connectivity index (χ3n) is 2.43. The van der Waals surface area contributed by atoms with Gasteiger partial charge in [0, 0.05) is 12.1 Å². The maximum absolute atomic E-state index is 11.7. The molecule has 1 atom stereocenters. The van der Waals surface area contributed by atoms with Crippen molar-refractivity contribution < 1.29 is 24.2 Å². The van der Waals surface area contributed by atoms with E-state index in [1.807, 2.05) is 0 Å². The van der Waals surface area contributed by atoms with E-state index in [1.54, 1.807) is 12.1 Å². The molecule has 0 aliphatic carbocycles. The zero-order chi connectivity index (χ0) is 13.1. The fraction of sp³-hybridized carbons (Fsp3) is 0.273. The highest BCUT2D eigenvalue weighted by Crippen LogP contribution is 2.32. The molecule has 1 aromatic rings. The Morgan fingerprint density at radius 1 is 1.39 bits per heavy atom. The summed E-state index contributed by atoms with van der Waals surface area (Å²) in [7, 11) is 0. The summed E-state index contributed by atoms with van der Waals surface area (Å²) in [5.41, 5.74) is 5.63. The van der Waals surface area contributed by atoms with Crippen molar-refractivity contribution >= 4 is 11.9 Å². The molecule has 1 amide bonds. The SMILES string of the molecule is N[C@@H](CNC(=O)c1ccc2c(c1)OCO2)C(=O)O. The van der Waals surface area contributed by atoms with Gasteiger partial charge in [-0.25, -0.2) is 0 Å². The third-order valence-corrected chi connectivity index (χ3v) is 2.43. The molecule has 18 heavy (non-hydrogen) atoms. The van der Waals surface area contributed by atoms with Crippen LogP contribution in [0.1, 0.15) is 10.4 Å². The van der Waals surface area contributed by atoms with Gasteiger partial charge in [0.2, 0.25) is 6.79 Å². The average Bonchev–Trinajstić information content (AvgIpc) is 2.82. The first-order valence-corrected chi connectivity index (χ1v) is 5.24. The Kier molecular flexibility index (Phi) is 3.33. The molecule has 1 heterocycles. The molecule has 7 nitrogen and oxygen atoms in total. The number of carbonyl (C=O) groups is 2. The summed E-state index contributed by atoms with van der Waals surface area (Å²) in [5.74, 6) is -0.509. The normalized spacial score (nSPS) is 14.1. The van der Waals surface area contributed by atoms with Crippen LogP contribution in [0.15, 0.2) is 18.2 Å². The van der Waals surface area contributed by atoms with E-state index in [0.717, 1.165) is 0 Å². The first-order chi connectivity index (χ1) is 8.58. The van der Waals surface area contributed by atoms with Gasteiger partial charge in [-0.3, -0.25) is 9.59 Å². The fourth-order valence-corrected chi connectivity index (χ4v) is 1.43. The molecule has 0 unspecified atom stereocenters. The molecule has 0 fully saturated rings. The van der Waals surface area contributed by atoms with Crippen molar-refractivity contribution in [3.8, 4) is 11.5 Å². The number of ether oxygens (including phenoxy) is 2. The van der Waals surface area contributed by atoms with Crippen molar-refractivity contribution in [2.75, 3.05) is 13.3 Å². The van der Waals surface area contributed by atoms with Gasteiger partial charge < -0.3 is 25.6 Å². The zero-order valence-corrected chi connectivity index (χ0v) is 9.38. The Labute approximate surface area is 102 Å². The Bertz CT molecular complexity index is 488. The van der Waals surface area contributed by atoms with Gasteiger partial charge in [-0.05, 0) is 18.2 Å². The lowest BCUT2D eigenvalue weighted by Crippen LogP contribution is -2.42. The monoisotopic (exact) mass is 252 g/mol. The molecule has 7 heteroatoms. The number of fused-ring (bicyclic) bond motifs is 1. The van der Waals surface area contributed by atoms with Crippen molar-refractivity contribution in [2.24, 2.45) is 5.73 Å². The van der Waals surface area contributed by atoms with Crippen LogP contribution in [0.5, 0.6) is 11.5 Å². The molecule has 1 aromatic carbocycles. The van der Waals surface area contributed by atoms with Gasteiger partial charge >= 0.3 is 5.97 Å². The minimum absolute atomic E-state index is 0.129. The van der Waals surface area contributed by atoms with Crippen molar-refractivity contribution in [1.29, 1.82) is 0 Å². The molecule has 0 saturated heterocycles. The highest BCUT2D eigenvalue weighted by molar-refractivity contribution is 5.95. The lowest BCUT2D eigenvalue weighted by atomic mass is 10.2. The summed E-state index contributed by atoms with van der Waals surface area (Å²) in [4.78, 5) is 22.2. The molecule has 0 bridgehead atoms. The standard InChI is InChI=1S/C11H12N2O5/c12-7(11(15)16)4-13-10(14)6-1-2-8-9(3-6)18-5-17-8/h1-3,7H,4-5,12H2,(H,13,14)(H,15,16)/t7-/m0/s1. The lowest BCUT2D eigenvalue weighted by Gasteiger charge is -2.08. The van der Waals surface area contributed by atoms with Gasteiger partial charge in [-0.2, -0.15) is 0 Å². The van der Waals surface area contributed by atoms with Gasteiger partial charge in [0.1, 0.15) is 6.04 Å². The molecule has 4 N–H and O–H groups in total. The van der Waals surface area contributed by atoms with Gasteiger partial charge in [0.15, 0.2) is 11.5 Å². The van der Waals surface area contributed by atoms with Crippen LogP contribution in [0, 0.1) is 0 Å².